The van der Waals surface area contributed by atoms with E-state index in [1.165, 1.54) is 0 Å². The van der Waals surface area contributed by atoms with Gasteiger partial charge in [-0.15, -0.1) is 5.10 Å². The van der Waals surface area contributed by atoms with Crippen molar-refractivity contribution in [1.82, 2.24) is 15.1 Å². The molecule has 1 saturated heterocycles. The number of piperazine rings is 1. The van der Waals surface area contributed by atoms with Crippen LogP contribution in [0.15, 0.2) is 12.1 Å². The number of carboxylic acid groups (broad SMARTS) is 1. The van der Waals surface area contributed by atoms with Crippen LogP contribution in [-0.4, -0.2) is 58.9 Å². The molecule has 1 aliphatic heterocycles. The summed E-state index contributed by atoms with van der Waals surface area (Å²) < 4.78 is 0. The smallest absolute Gasteiger partial charge is 0.317 e. The minimum absolute atomic E-state index is 0.117. The summed E-state index contributed by atoms with van der Waals surface area (Å²) in [6.07, 6.45) is 0. The van der Waals surface area contributed by atoms with Gasteiger partial charge in [0.1, 0.15) is 0 Å². The van der Waals surface area contributed by atoms with Crippen molar-refractivity contribution in [3.05, 3.63) is 17.8 Å². The van der Waals surface area contributed by atoms with Crippen molar-refractivity contribution in [3.63, 3.8) is 0 Å². The van der Waals surface area contributed by atoms with Crippen LogP contribution >= 0.6 is 0 Å². The highest BCUT2D eigenvalue weighted by atomic mass is 16.4. The molecule has 0 aromatic carbocycles. The Balaban J connectivity index is 1.92. The van der Waals surface area contributed by atoms with Crippen molar-refractivity contribution in [2.45, 2.75) is 19.8 Å². The molecule has 1 aromatic heterocycles. The van der Waals surface area contributed by atoms with Crippen molar-refractivity contribution >= 4 is 11.8 Å². The van der Waals surface area contributed by atoms with E-state index in [9.17, 15) is 4.79 Å². The number of hydrogen-bond acceptors (Lipinski definition) is 5. The number of aromatic nitrogens is 2. The second kappa shape index (κ2) is 5.97. The molecule has 0 unspecified atom stereocenters. The van der Waals surface area contributed by atoms with Crippen LogP contribution in [0, 0.1) is 0 Å². The molecule has 2 heterocycles. The van der Waals surface area contributed by atoms with Gasteiger partial charge in [-0.3, -0.25) is 9.69 Å². The number of hydrogen-bond donors (Lipinski definition) is 1. The SMILES string of the molecule is CC(C)c1ccc(N2CCN(CC(=O)O)CC2)nn1. The Morgan fingerprint density at radius 1 is 1.26 bits per heavy atom. The first-order valence-electron chi connectivity index (χ1n) is 6.59. The number of rotatable bonds is 4. The lowest BCUT2D eigenvalue weighted by molar-refractivity contribution is -0.138. The van der Waals surface area contributed by atoms with Crippen LogP contribution in [0.5, 0.6) is 0 Å². The van der Waals surface area contributed by atoms with Crippen LogP contribution in [0.25, 0.3) is 0 Å². The van der Waals surface area contributed by atoms with Gasteiger partial charge in [0, 0.05) is 26.2 Å². The largest absolute Gasteiger partial charge is 0.480 e. The zero-order chi connectivity index (χ0) is 13.8. The molecule has 0 amide bonds. The Bertz CT molecular complexity index is 425. The van der Waals surface area contributed by atoms with Gasteiger partial charge < -0.3 is 10.0 Å². The van der Waals surface area contributed by atoms with E-state index >= 15 is 0 Å². The first-order chi connectivity index (χ1) is 9.06. The van der Waals surface area contributed by atoms with E-state index in [2.05, 4.69) is 28.9 Å². The van der Waals surface area contributed by atoms with E-state index in [0.717, 1.165) is 37.7 Å². The molecule has 6 nitrogen and oxygen atoms in total. The molecule has 0 bridgehead atoms. The standard InChI is InChI=1S/C13H20N4O2/c1-10(2)11-3-4-12(15-14-11)17-7-5-16(6-8-17)9-13(18)19/h3-4,10H,5-9H2,1-2H3,(H,18,19). The third-order valence-electron chi connectivity index (χ3n) is 3.32. The summed E-state index contributed by atoms with van der Waals surface area (Å²) in [5.41, 5.74) is 0.994. The molecule has 0 aliphatic carbocycles. The van der Waals surface area contributed by atoms with E-state index in [-0.39, 0.29) is 6.54 Å². The van der Waals surface area contributed by atoms with E-state index in [1.54, 1.807) is 0 Å². The van der Waals surface area contributed by atoms with Gasteiger partial charge in [-0.1, -0.05) is 13.8 Å². The van der Waals surface area contributed by atoms with Gasteiger partial charge in [0.25, 0.3) is 0 Å². The number of carbonyl (C=O) groups is 1. The molecular weight excluding hydrogens is 244 g/mol. The van der Waals surface area contributed by atoms with Crippen LogP contribution < -0.4 is 4.90 Å². The molecule has 0 spiro atoms. The van der Waals surface area contributed by atoms with Gasteiger partial charge in [0.2, 0.25) is 0 Å². The molecule has 2 rings (SSSR count). The first kappa shape index (κ1) is 13.7. The number of aliphatic carboxylic acids is 1. The van der Waals surface area contributed by atoms with Crippen LogP contribution in [0.3, 0.4) is 0 Å². The molecule has 1 N–H and O–H groups in total. The van der Waals surface area contributed by atoms with Crippen LogP contribution in [0.1, 0.15) is 25.5 Å². The Labute approximate surface area is 113 Å². The summed E-state index contributed by atoms with van der Waals surface area (Å²) in [4.78, 5) is 14.7. The Hall–Kier alpha value is -1.69. The molecule has 1 fully saturated rings. The predicted molar refractivity (Wildman–Crippen MR) is 72.4 cm³/mol. The fourth-order valence-electron chi connectivity index (χ4n) is 2.14. The first-order valence-corrected chi connectivity index (χ1v) is 6.59. The maximum Gasteiger partial charge on any atom is 0.317 e. The lowest BCUT2D eigenvalue weighted by Crippen LogP contribution is -2.48. The third-order valence-corrected chi connectivity index (χ3v) is 3.32. The van der Waals surface area contributed by atoms with Gasteiger partial charge >= 0.3 is 5.97 Å². The summed E-state index contributed by atoms with van der Waals surface area (Å²) >= 11 is 0. The minimum Gasteiger partial charge on any atom is -0.480 e. The summed E-state index contributed by atoms with van der Waals surface area (Å²) in [5, 5.41) is 17.2. The average Bonchev–Trinajstić information content (AvgIpc) is 2.39. The van der Waals surface area contributed by atoms with Gasteiger partial charge in [-0.05, 0) is 18.1 Å². The maximum absolute atomic E-state index is 10.6. The Kier molecular flexibility index (Phi) is 4.31. The van der Waals surface area contributed by atoms with Gasteiger partial charge in [0.05, 0.1) is 12.2 Å². The second-order valence-corrected chi connectivity index (χ2v) is 5.13. The Morgan fingerprint density at radius 2 is 1.95 bits per heavy atom. The molecule has 6 heteroatoms. The topological polar surface area (TPSA) is 69.6 Å². The van der Waals surface area contributed by atoms with Crippen LogP contribution in [-0.2, 0) is 4.79 Å². The lowest BCUT2D eigenvalue weighted by Gasteiger charge is -2.34. The van der Waals surface area contributed by atoms with E-state index in [1.807, 2.05) is 17.0 Å². The van der Waals surface area contributed by atoms with Gasteiger partial charge in [-0.25, -0.2) is 0 Å². The highest BCUT2D eigenvalue weighted by Crippen LogP contribution is 2.16. The van der Waals surface area contributed by atoms with Crippen molar-refractivity contribution in [2.24, 2.45) is 0 Å². The lowest BCUT2D eigenvalue weighted by atomic mass is 10.1. The zero-order valence-electron chi connectivity index (χ0n) is 11.4. The van der Waals surface area contributed by atoms with Crippen molar-refractivity contribution in [1.29, 1.82) is 0 Å². The molecular formula is C13H20N4O2. The molecule has 104 valence electrons. The van der Waals surface area contributed by atoms with Crippen molar-refractivity contribution in [3.8, 4) is 0 Å². The van der Waals surface area contributed by atoms with Gasteiger partial charge in [0.15, 0.2) is 5.82 Å². The van der Waals surface area contributed by atoms with Crippen molar-refractivity contribution < 1.29 is 9.90 Å². The predicted octanol–water partition coefficient (Wildman–Crippen LogP) is 0.807. The van der Waals surface area contributed by atoms with Crippen LogP contribution in [0.2, 0.25) is 0 Å². The molecule has 19 heavy (non-hydrogen) atoms. The van der Waals surface area contributed by atoms with E-state index in [4.69, 9.17) is 5.11 Å². The number of carboxylic acids is 1. The molecule has 1 aliphatic rings. The zero-order valence-corrected chi connectivity index (χ0v) is 11.4. The Morgan fingerprint density at radius 3 is 2.42 bits per heavy atom. The highest BCUT2D eigenvalue weighted by Gasteiger charge is 2.19. The van der Waals surface area contributed by atoms with E-state index in [0.29, 0.717) is 5.92 Å². The number of anilines is 1. The highest BCUT2D eigenvalue weighted by molar-refractivity contribution is 5.69. The molecule has 0 atom stereocenters. The summed E-state index contributed by atoms with van der Waals surface area (Å²) in [5.74, 6) is 0.489. The maximum atomic E-state index is 10.6. The monoisotopic (exact) mass is 264 g/mol. The minimum atomic E-state index is -0.769. The molecule has 1 aromatic rings. The van der Waals surface area contributed by atoms with Crippen LogP contribution in [0.4, 0.5) is 5.82 Å². The van der Waals surface area contributed by atoms with Gasteiger partial charge in [-0.2, -0.15) is 5.10 Å². The fourth-order valence-corrected chi connectivity index (χ4v) is 2.14. The summed E-state index contributed by atoms with van der Waals surface area (Å²) in [6.45, 7) is 7.39. The summed E-state index contributed by atoms with van der Waals surface area (Å²) in [6, 6.07) is 4.01. The van der Waals surface area contributed by atoms with Crippen molar-refractivity contribution in [2.75, 3.05) is 37.6 Å². The van der Waals surface area contributed by atoms with E-state index < -0.39 is 5.97 Å². The third kappa shape index (κ3) is 3.64. The number of nitrogens with zero attached hydrogens (tertiary/aromatic N) is 4. The quantitative estimate of drug-likeness (QED) is 0.867. The normalized spacial score (nSPS) is 16.9. The average molecular weight is 264 g/mol. The molecule has 0 radical (unpaired) electrons. The molecule has 0 saturated carbocycles. The fraction of sp³-hybridized carbons (Fsp3) is 0.615. The summed E-state index contributed by atoms with van der Waals surface area (Å²) in [7, 11) is 0. The second-order valence-electron chi connectivity index (χ2n) is 5.13.